The first-order valence-electron chi connectivity index (χ1n) is 4.47. The summed E-state index contributed by atoms with van der Waals surface area (Å²) in [5.41, 5.74) is 6.63. The van der Waals surface area contributed by atoms with Crippen LogP contribution in [0.1, 0.15) is 11.4 Å². The zero-order valence-electron chi connectivity index (χ0n) is 8.47. The molecule has 0 aliphatic carbocycles. The van der Waals surface area contributed by atoms with Gasteiger partial charge in [-0.05, 0) is 36.7 Å². The zero-order valence-corrected chi connectivity index (χ0v) is 10.1. The summed E-state index contributed by atoms with van der Waals surface area (Å²) in [4.78, 5) is 5.19. The summed E-state index contributed by atoms with van der Waals surface area (Å²) >= 11 is 2.83. The van der Waals surface area contributed by atoms with Crippen molar-refractivity contribution in [3.63, 3.8) is 0 Å². The van der Waals surface area contributed by atoms with E-state index in [2.05, 4.69) is 15.4 Å². The minimum absolute atomic E-state index is 0.492. The molecule has 1 heterocycles. The monoisotopic (exact) mass is 248 g/mol. The van der Waals surface area contributed by atoms with Gasteiger partial charge in [-0.1, -0.05) is 11.8 Å². The molecule has 0 unspecified atom stereocenters. The standard InChI is InChI=1S/C10H8N4S2/c1-6-13-10(16-14-6)15-8-2-3-9(12)7(4-8)5-11/h2-4H,12H2,1H3. The van der Waals surface area contributed by atoms with E-state index in [9.17, 15) is 0 Å². The molecule has 1 aromatic heterocycles. The molecule has 6 heteroatoms. The molecule has 0 aliphatic heterocycles. The van der Waals surface area contributed by atoms with Crippen molar-refractivity contribution in [1.82, 2.24) is 9.36 Å². The molecule has 2 aromatic rings. The van der Waals surface area contributed by atoms with Crippen molar-refractivity contribution in [1.29, 1.82) is 5.26 Å². The quantitative estimate of drug-likeness (QED) is 0.826. The number of nitrogen functional groups attached to an aromatic ring is 1. The number of aromatic nitrogens is 2. The maximum atomic E-state index is 8.85. The van der Waals surface area contributed by atoms with Crippen LogP contribution >= 0.6 is 23.3 Å². The van der Waals surface area contributed by atoms with Crippen molar-refractivity contribution in [2.75, 3.05) is 5.73 Å². The third kappa shape index (κ3) is 2.32. The van der Waals surface area contributed by atoms with Gasteiger partial charge in [-0.2, -0.15) is 9.64 Å². The Morgan fingerprint density at radius 2 is 2.31 bits per heavy atom. The van der Waals surface area contributed by atoms with Crippen LogP contribution in [0.4, 0.5) is 5.69 Å². The van der Waals surface area contributed by atoms with E-state index < -0.39 is 0 Å². The fraction of sp³-hybridized carbons (Fsp3) is 0.100. The van der Waals surface area contributed by atoms with E-state index in [0.717, 1.165) is 15.1 Å². The Kier molecular flexibility index (Phi) is 3.08. The number of nitriles is 1. The van der Waals surface area contributed by atoms with Gasteiger partial charge >= 0.3 is 0 Å². The molecule has 0 radical (unpaired) electrons. The number of benzene rings is 1. The van der Waals surface area contributed by atoms with Crippen molar-refractivity contribution >= 4 is 29.0 Å². The van der Waals surface area contributed by atoms with Crippen LogP contribution in [0.5, 0.6) is 0 Å². The van der Waals surface area contributed by atoms with Gasteiger partial charge in [-0.25, -0.2) is 4.98 Å². The second-order valence-corrected chi connectivity index (χ2v) is 5.14. The lowest BCUT2D eigenvalue weighted by Crippen LogP contribution is -1.89. The number of anilines is 1. The molecular weight excluding hydrogens is 240 g/mol. The molecule has 0 saturated carbocycles. The van der Waals surface area contributed by atoms with Gasteiger partial charge in [0, 0.05) is 10.6 Å². The normalized spacial score (nSPS) is 10.0. The average molecular weight is 248 g/mol. The summed E-state index contributed by atoms with van der Waals surface area (Å²) in [5, 5.41) is 8.85. The van der Waals surface area contributed by atoms with Crippen LogP contribution in [0.2, 0.25) is 0 Å². The molecule has 0 spiro atoms. The highest BCUT2D eigenvalue weighted by molar-refractivity contribution is 8.01. The summed E-state index contributed by atoms with van der Waals surface area (Å²) in [5.74, 6) is 0.767. The highest BCUT2D eigenvalue weighted by atomic mass is 32.2. The molecule has 0 saturated heterocycles. The van der Waals surface area contributed by atoms with E-state index in [1.54, 1.807) is 12.1 Å². The first-order chi connectivity index (χ1) is 7.69. The van der Waals surface area contributed by atoms with Crippen LogP contribution in [-0.4, -0.2) is 9.36 Å². The van der Waals surface area contributed by atoms with Crippen LogP contribution in [0.15, 0.2) is 27.4 Å². The average Bonchev–Trinajstić information content (AvgIpc) is 2.67. The van der Waals surface area contributed by atoms with Crippen LogP contribution in [0.25, 0.3) is 0 Å². The van der Waals surface area contributed by atoms with E-state index in [0.29, 0.717) is 11.3 Å². The largest absolute Gasteiger partial charge is 0.398 e. The second-order valence-electron chi connectivity index (χ2n) is 3.07. The predicted molar refractivity (Wildman–Crippen MR) is 64.3 cm³/mol. The Balaban J connectivity index is 2.26. The van der Waals surface area contributed by atoms with Crippen molar-refractivity contribution < 1.29 is 0 Å². The lowest BCUT2D eigenvalue weighted by Gasteiger charge is -2.00. The van der Waals surface area contributed by atoms with Gasteiger partial charge in [0.15, 0.2) is 4.34 Å². The summed E-state index contributed by atoms with van der Waals surface area (Å²) in [6, 6.07) is 7.42. The highest BCUT2D eigenvalue weighted by Gasteiger charge is 2.05. The lowest BCUT2D eigenvalue weighted by atomic mass is 10.2. The van der Waals surface area contributed by atoms with Gasteiger partial charge in [0.25, 0.3) is 0 Å². The van der Waals surface area contributed by atoms with Crippen LogP contribution in [0, 0.1) is 18.3 Å². The molecular formula is C10H8N4S2. The van der Waals surface area contributed by atoms with Gasteiger partial charge in [0.1, 0.15) is 11.9 Å². The predicted octanol–water partition coefficient (Wildman–Crippen LogP) is 2.45. The maximum absolute atomic E-state index is 8.85. The fourth-order valence-corrected chi connectivity index (χ4v) is 2.78. The molecule has 0 aliphatic rings. The second kappa shape index (κ2) is 4.51. The van der Waals surface area contributed by atoms with Crippen molar-refractivity contribution in [2.24, 2.45) is 0 Å². The molecule has 0 fully saturated rings. The number of aryl methyl sites for hydroxylation is 1. The summed E-state index contributed by atoms with van der Waals surface area (Å²) in [6.07, 6.45) is 0. The van der Waals surface area contributed by atoms with Crippen molar-refractivity contribution in [2.45, 2.75) is 16.2 Å². The Morgan fingerprint density at radius 3 is 2.94 bits per heavy atom. The first kappa shape index (κ1) is 10.9. The lowest BCUT2D eigenvalue weighted by molar-refractivity contribution is 1.10. The van der Waals surface area contributed by atoms with Gasteiger partial charge in [0.2, 0.25) is 0 Å². The van der Waals surface area contributed by atoms with E-state index >= 15 is 0 Å². The molecule has 0 atom stereocenters. The summed E-state index contributed by atoms with van der Waals surface area (Å²) in [6.45, 7) is 1.85. The maximum Gasteiger partial charge on any atom is 0.174 e. The molecule has 0 bridgehead atoms. The third-order valence-corrected chi connectivity index (χ3v) is 3.69. The van der Waals surface area contributed by atoms with Crippen LogP contribution < -0.4 is 5.73 Å². The van der Waals surface area contributed by atoms with Crippen molar-refractivity contribution in [3.8, 4) is 6.07 Å². The first-order valence-corrected chi connectivity index (χ1v) is 6.06. The minimum atomic E-state index is 0.492. The molecule has 1 aromatic carbocycles. The number of nitrogens with zero attached hydrogens (tertiary/aromatic N) is 3. The Labute approximate surface area is 101 Å². The SMILES string of the molecule is Cc1nsc(Sc2ccc(N)c(C#N)c2)n1. The third-order valence-electron chi connectivity index (χ3n) is 1.86. The Bertz CT molecular complexity index is 556. The highest BCUT2D eigenvalue weighted by Crippen LogP contribution is 2.30. The minimum Gasteiger partial charge on any atom is -0.398 e. The number of nitrogens with two attached hydrogens (primary N) is 1. The van der Waals surface area contributed by atoms with Crippen molar-refractivity contribution in [3.05, 3.63) is 29.6 Å². The molecule has 2 N–H and O–H groups in total. The molecule has 2 rings (SSSR count). The van der Waals surface area contributed by atoms with E-state index in [4.69, 9.17) is 11.0 Å². The number of rotatable bonds is 2. The van der Waals surface area contributed by atoms with Gasteiger partial charge < -0.3 is 5.73 Å². The summed E-state index contributed by atoms with van der Waals surface area (Å²) < 4.78 is 4.96. The fourth-order valence-electron chi connectivity index (χ4n) is 1.12. The van der Waals surface area contributed by atoms with Gasteiger partial charge in [0.05, 0.1) is 5.56 Å². The van der Waals surface area contributed by atoms with E-state index in [1.165, 1.54) is 23.3 Å². The Hall–Kier alpha value is -1.58. The van der Waals surface area contributed by atoms with E-state index in [-0.39, 0.29) is 0 Å². The zero-order chi connectivity index (χ0) is 11.5. The van der Waals surface area contributed by atoms with Gasteiger partial charge in [-0.3, -0.25) is 0 Å². The number of hydrogen-bond donors (Lipinski definition) is 1. The van der Waals surface area contributed by atoms with E-state index in [1.807, 2.05) is 13.0 Å². The number of hydrogen-bond acceptors (Lipinski definition) is 6. The van der Waals surface area contributed by atoms with Crippen LogP contribution in [0.3, 0.4) is 0 Å². The van der Waals surface area contributed by atoms with Gasteiger partial charge in [-0.15, -0.1) is 0 Å². The molecule has 16 heavy (non-hydrogen) atoms. The molecule has 0 amide bonds. The molecule has 80 valence electrons. The molecule has 4 nitrogen and oxygen atoms in total. The Morgan fingerprint density at radius 1 is 1.50 bits per heavy atom. The summed E-state index contributed by atoms with van der Waals surface area (Å²) in [7, 11) is 0. The topological polar surface area (TPSA) is 75.6 Å². The smallest absolute Gasteiger partial charge is 0.174 e. The van der Waals surface area contributed by atoms with Crippen LogP contribution in [-0.2, 0) is 0 Å².